The topological polar surface area (TPSA) is 72.7 Å². The van der Waals surface area contributed by atoms with Crippen molar-refractivity contribution in [1.29, 1.82) is 0 Å². The van der Waals surface area contributed by atoms with Gasteiger partial charge in [0.15, 0.2) is 0 Å². The highest BCUT2D eigenvalue weighted by atomic mass is 16.6. The molecule has 3 aromatic rings. The Labute approximate surface area is 182 Å². The van der Waals surface area contributed by atoms with Gasteiger partial charge in [0, 0.05) is 29.8 Å². The van der Waals surface area contributed by atoms with Crippen molar-refractivity contribution >= 4 is 11.6 Å². The van der Waals surface area contributed by atoms with Crippen molar-refractivity contribution in [1.82, 2.24) is 4.90 Å². The monoisotopic (exact) mass is 418 g/mol. The predicted octanol–water partition coefficient (Wildman–Crippen LogP) is 5.61. The van der Waals surface area contributed by atoms with Crippen molar-refractivity contribution in [2.24, 2.45) is 0 Å². The summed E-state index contributed by atoms with van der Waals surface area (Å²) in [6, 6.07) is 23.4. The van der Waals surface area contributed by atoms with Gasteiger partial charge in [0.1, 0.15) is 12.4 Å². The van der Waals surface area contributed by atoms with Crippen LogP contribution in [0, 0.1) is 10.1 Å². The summed E-state index contributed by atoms with van der Waals surface area (Å²) in [5.74, 6) is 0.463. The van der Waals surface area contributed by atoms with Crippen LogP contribution in [-0.2, 0) is 13.2 Å². The zero-order chi connectivity index (χ0) is 22.4. The molecule has 0 fully saturated rings. The van der Waals surface area contributed by atoms with Crippen molar-refractivity contribution < 1.29 is 14.5 Å². The van der Waals surface area contributed by atoms with Crippen LogP contribution in [0.2, 0.25) is 0 Å². The molecule has 3 rings (SSSR count). The molecule has 0 aliphatic carbocycles. The van der Waals surface area contributed by atoms with Gasteiger partial charge in [-0.15, -0.1) is 0 Å². The number of rotatable bonds is 7. The maximum Gasteiger partial charge on any atom is 0.270 e. The molecule has 0 spiro atoms. The summed E-state index contributed by atoms with van der Waals surface area (Å²) in [7, 11) is 0. The van der Waals surface area contributed by atoms with Crippen LogP contribution in [0.25, 0.3) is 0 Å². The summed E-state index contributed by atoms with van der Waals surface area (Å²) < 4.78 is 5.91. The molecule has 0 N–H and O–H groups in total. The highest BCUT2D eigenvalue weighted by Gasteiger charge is 2.28. The quantitative estimate of drug-likeness (QED) is 0.369. The maximum atomic E-state index is 13.2. The van der Waals surface area contributed by atoms with Crippen LogP contribution < -0.4 is 4.74 Å². The van der Waals surface area contributed by atoms with Crippen molar-refractivity contribution in [3.05, 3.63) is 106 Å². The smallest absolute Gasteiger partial charge is 0.270 e. The number of nitro groups is 1. The van der Waals surface area contributed by atoms with Crippen LogP contribution in [0.15, 0.2) is 78.9 Å². The number of carbonyl (C=O) groups is 1. The molecule has 0 atom stereocenters. The average molecular weight is 418 g/mol. The van der Waals surface area contributed by atoms with Crippen LogP contribution >= 0.6 is 0 Å². The first-order chi connectivity index (χ1) is 14.7. The van der Waals surface area contributed by atoms with Crippen LogP contribution in [0.5, 0.6) is 5.75 Å². The van der Waals surface area contributed by atoms with Gasteiger partial charge in [0.25, 0.3) is 11.6 Å². The first-order valence-electron chi connectivity index (χ1n) is 10.1. The fraction of sp³-hybridized carbons (Fsp3) is 0.240. The Morgan fingerprint density at radius 1 is 0.935 bits per heavy atom. The van der Waals surface area contributed by atoms with Crippen LogP contribution in [0.4, 0.5) is 5.69 Å². The van der Waals surface area contributed by atoms with E-state index in [4.69, 9.17) is 4.74 Å². The number of non-ortho nitro benzene ring substituents is 1. The number of hydrogen-bond acceptors (Lipinski definition) is 4. The highest BCUT2D eigenvalue weighted by molar-refractivity contribution is 5.95. The number of amides is 1. The van der Waals surface area contributed by atoms with E-state index in [-0.39, 0.29) is 11.6 Å². The number of hydrogen-bond donors (Lipinski definition) is 0. The van der Waals surface area contributed by atoms with Crippen molar-refractivity contribution in [3.63, 3.8) is 0 Å². The molecule has 0 heterocycles. The molecule has 6 nitrogen and oxygen atoms in total. The van der Waals surface area contributed by atoms with Gasteiger partial charge in [-0.25, -0.2) is 0 Å². The SMILES string of the molecule is CC(C)(C)N(Cc1cccc(OCc2ccccc2)c1)C(=O)c1cccc([N+](=O)[O-])c1. The normalized spacial score (nSPS) is 11.1. The second kappa shape index (κ2) is 9.43. The van der Waals surface area contributed by atoms with Crippen molar-refractivity contribution in [2.45, 2.75) is 39.5 Å². The molecule has 3 aromatic carbocycles. The first kappa shape index (κ1) is 22.0. The molecule has 0 radical (unpaired) electrons. The minimum atomic E-state index is -0.494. The van der Waals surface area contributed by atoms with E-state index in [1.807, 2.05) is 75.4 Å². The standard InChI is InChI=1S/C25H26N2O4/c1-25(2,3)26(24(28)21-12-8-13-22(16-21)27(29)30)17-20-11-7-14-23(15-20)31-18-19-9-5-4-6-10-19/h4-16H,17-18H2,1-3H3. The van der Waals surface area contributed by atoms with E-state index in [0.717, 1.165) is 16.9 Å². The molecular weight excluding hydrogens is 392 g/mol. The van der Waals surface area contributed by atoms with E-state index in [1.165, 1.54) is 18.2 Å². The number of ether oxygens (including phenoxy) is 1. The Morgan fingerprint density at radius 2 is 1.61 bits per heavy atom. The summed E-state index contributed by atoms with van der Waals surface area (Å²) in [6.45, 7) is 6.64. The zero-order valence-corrected chi connectivity index (χ0v) is 17.9. The van der Waals surface area contributed by atoms with Crippen LogP contribution in [-0.4, -0.2) is 21.3 Å². The van der Waals surface area contributed by atoms with Crippen LogP contribution in [0.1, 0.15) is 42.3 Å². The Hall–Kier alpha value is -3.67. The lowest BCUT2D eigenvalue weighted by Crippen LogP contribution is -2.45. The van der Waals surface area contributed by atoms with Gasteiger partial charge >= 0.3 is 0 Å². The Bertz CT molecular complexity index is 1060. The van der Waals surface area contributed by atoms with Gasteiger partial charge in [-0.1, -0.05) is 48.5 Å². The lowest BCUT2D eigenvalue weighted by molar-refractivity contribution is -0.384. The van der Waals surface area contributed by atoms with Gasteiger partial charge in [-0.3, -0.25) is 14.9 Å². The van der Waals surface area contributed by atoms with Gasteiger partial charge in [0.05, 0.1) is 4.92 Å². The molecule has 0 saturated carbocycles. The molecule has 0 aliphatic heterocycles. The molecule has 6 heteroatoms. The fourth-order valence-electron chi connectivity index (χ4n) is 3.18. The molecule has 1 amide bonds. The minimum absolute atomic E-state index is 0.101. The predicted molar refractivity (Wildman–Crippen MR) is 120 cm³/mol. The molecule has 0 saturated heterocycles. The number of benzene rings is 3. The Balaban J connectivity index is 1.79. The molecule has 0 aliphatic rings. The molecule has 160 valence electrons. The van der Waals surface area contributed by atoms with Gasteiger partial charge in [0.2, 0.25) is 0 Å². The second-order valence-corrected chi connectivity index (χ2v) is 8.29. The van der Waals surface area contributed by atoms with E-state index in [2.05, 4.69) is 0 Å². The summed E-state index contributed by atoms with van der Waals surface area (Å²) in [4.78, 5) is 25.6. The second-order valence-electron chi connectivity index (χ2n) is 8.29. The zero-order valence-electron chi connectivity index (χ0n) is 17.9. The number of carbonyl (C=O) groups excluding carboxylic acids is 1. The summed E-state index contributed by atoms with van der Waals surface area (Å²) in [5, 5.41) is 11.1. The minimum Gasteiger partial charge on any atom is -0.489 e. The third-order valence-electron chi connectivity index (χ3n) is 4.85. The average Bonchev–Trinajstić information content (AvgIpc) is 2.76. The lowest BCUT2D eigenvalue weighted by Gasteiger charge is -2.36. The van der Waals surface area contributed by atoms with Gasteiger partial charge < -0.3 is 9.64 Å². The molecule has 31 heavy (non-hydrogen) atoms. The maximum absolute atomic E-state index is 13.2. The number of nitrogens with zero attached hydrogens (tertiary/aromatic N) is 2. The summed E-state index contributed by atoms with van der Waals surface area (Å²) in [6.07, 6.45) is 0. The van der Waals surface area contributed by atoms with E-state index < -0.39 is 10.5 Å². The first-order valence-corrected chi connectivity index (χ1v) is 10.1. The molecule has 0 aromatic heterocycles. The fourth-order valence-corrected chi connectivity index (χ4v) is 3.18. The molecule has 0 unspecified atom stereocenters. The summed E-state index contributed by atoms with van der Waals surface area (Å²) >= 11 is 0. The van der Waals surface area contributed by atoms with Crippen molar-refractivity contribution in [3.8, 4) is 5.75 Å². The highest BCUT2D eigenvalue weighted by Crippen LogP contribution is 2.24. The van der Waals surface area contributed by atoms with Crippen LogP contribution in [0.3, 0.4) is 0 Å². The van der Waals surface area contributed by atoms with E-state index >= 15 is 0 Å². The third kappa shape index (κ3) is 5.92. The van der Waals surface area contributed by atoms with Gasteiger partial charge in [-0.05, 0) is 50.1 Å². The van der Waals surface area contributed by atoms with Gasteiger partial charge in [-0.2, -0.15) is 0 Å². The van der Waals surface area contributed by atoms with E-state index in [1.54, 1.807) is 11.0 Å². The molecular formula is C25H26N2O4. The molecule has 0 bridgehead atoms. The lowest BCUT2D eigenvalue weighted by atomic mass is 10.0. The third-order valence-corrected chi connectivity index (χ3v) is 4.85. The van der Waals surface area contributed by atoms with E-state index in [0.29, 0.717) is 18.7 Å². The summed E-state index contributed by atoms with van der Waals surface area (Å²) in [5.41, 5.74) is 1.70. The Kier molecular flexibility index (Phi) is 6.70. The largest absolute Gasteiger partial charge is 0.489 e. The van der Waals surface area contributed by atoms with Crippen molar-refractivity contribution in [2.75, 3.05) is 0 Å². The van der Waals surface area contributed by atoms with E-state index in [9.17, 15) is 14.9 Å². The number of nitro benzene ring substituents is 1. The Morgan fingerprint density at radius 3 is 2.29 bits per heavy atom.